The molecule has 1 aliphatic heterocycles. The number of nitrogens with zero attached hydrogens (tertiary/aromatic N) is 1. The summed E-state index contributed by atoms with van der Waals surface area (Å²) in [5.41, 5.74) is 0.336. The molecule has 156 valence electrons. The summed E-state index contributed by atoms with van der Waals surface area (Å²) in [7, 11) is -2.30. The van der Waals surface area contributed by atoms with Gasteiger partial charge in [-0.25, -0.2) is 8.42 Å². The van der Waals surface area contributed by atoms with Crippen LogP contribution in [0.2, 0.25) is 10.0 Å². The van der Waals surface area contributed by atoms with E-state index in [9.17, 15) is 13.2 Å². The van der Waals surface area contributed by atoms with Gasteiger partial charge in [0.05, 0.1) is 33.3 Å². The van der Waals surface area contributed by atoms with Crippen LogP contribution < -0.4 is 10.1 Å². The first-order chi connectivity index (χ1) is 13.8. The highest BCUT2D eigenvalue weighted by atomic mass is 35.5. The Balaban J connectivity index is 1.95. The van der Waals surface area contributed by atoms with Crippen molar-refractivity contribution in [3.63, 3.8) is 0 Å². The molecular weight excluding hydrogens is 435 g/mol. The predicted molar refractivity (Wildman–Crippen MR) is 115 cm³/mol. The number of rotatable bonds is 5. The maximum atomic E-state index is 13.1. The smallest absolute Gasteiger partial charge is 0.259 e. The number of hydrogen-bond donors (Lipinski definition) is 1. The highest BCUT2D eigenvalue weighted by molar-refractivity contribution is 7.89. The van der Waals surface area contributed by atoms with Gasteiger partial charge in [-0.05, 0) is 43.2 Å². The van der Waals surface area contributed by atoms with Gasteiger partial charge in [-0.2, -0.15) is 4.31 Å². The summed E-state index contributed by atoms with van der Waals surface area (Å²) in [6.07, 6.45) is 3.68. The molecule has 0 radical (unpaired) electrons. The molecule has 0 unspecified atom stereocenters. The zero-order chi connectivity index (χ0) is 21.0. The van der Waals surface area contributed by atoms with E-state index in [1.807, 2.05) is 0 Å². The summed E-state index contributed by atoms with van der Waals surface area (Å²) in [5.74, 6) is -0.315. The average molecular weight is 457 g/mol. The van der Waals surface area contributed by atoms with E-state index in [0.29, 0.717) is 13.1 Å². The third-order valence-electron chi connectivity index (χ3n) is 4.82. The first kappa shape index (κ1) is 21.9. The standard InChI is InChI=1S/C20H22Cl2N2O4S/c1-28-18-10-9-14(29(26,27)24-11-4-2-3-5-12-24)13-15(18)20(25)23-19-16(21)7-6-8-17(19)22/h6-10,13H,2-5,11-12H2,1H3,(H,23,25). The number of anilines is 1. The first-order valence-electron chi connectivity index (χ1n) is 9.28. The monoisotopic (exact) mass is 456 g/mol. The Bertz CT molecular complexity index is 983. The second-order valence-electron chi connectivity index (χ2n) is 6.73. The molecule has 1 aliphatic rings. The number of hydrogen-bond acceptors (Lipinski definition) is 4. The van der Waals surface area contributed by atoms with Crippen molar-refractivity contribution in [2.45, 2.75) is 30.6 Å². The predicted octanol–water partition coefficient (Wildman–Crippen LogP) is 4.82. The van der Waals surface area contributed by atoms with Gasteiger partial charge in [-0.1, -0.05) is 42.1 Å². The molecule has 2 aromatic carbocycles. The topological polar surface area (TPSA) is 75.7 Å². The van der Waals surface area contributed by atoms with E-state index in [1.54, 1.807) is 18.2 Å². The molecule has 0 aliphatic carbocycles. The third kappa shape index (κ3) is 4.86. The largest absolute Gasteiger partial charge is 0.496 e. The number of methoxy groups -OCH3 is 1. The SMILES string of the molecule is COc1ccc(S(=O)(=O)N2CCCCCC2)cc1C(=O)Nc1c(Cl)cccc1Cl. The quantitative estimate of drug-likeness (QED) is 0.699. The van der Waals surface area contributed by atoms with Crippen molar-refractivity contribution in [3.8, 4) is 5.75 Å². The number of carbonyl (C=O) groups excluding carboxylic acids is 1. The molecule has 1 amide bonds. The molecule has 9 heteroatoms. The minimum absolute atomic E-state index is 0.0515. The van der Waals surface area contributed by atoms with E-state index < -0.39 is 15.9 Å². The molecule has 1 heterocycles. The minimum Gasteiger partial charge on any atom is -0.496 e. The number of sulfonamides is 1. The van der Waals surface area contributed by atoms with Crippen LogP contribution in [0.5, 0.6) is 5.75 Å². The zero-order valence-electron chi connectivity index (χ0n) is 16.0. The fraction of sp³-hybridized carbons (Fsp3) is 0.350. The van der Waals surface area contributed by atoms with Crippen LogP contribution in [0, 0.1) is 0 Å². The molecule has 29 heavy (non-hydrogen) atoms. The van der Waals surface area contributed by atoms with Gasteiger partial charge >= 0.3 is 0 Å². The van der Waals surface area contributed by atoms with Crippen molar-refractivity contribution in [3.05, 3.63) is 52.0 Å². The Morgan fingerprint density at radius 3 is 2.24 bits per heavy atom. The number of ether oxygens (including phenoxy) is 1. The summed E-state index contributed by atoms with van der Waals surface area (Å²) >= 11 is 12.2. The van der Waals surface area contributed by atoms with Gasteiger partial charge in [0.25, 0.3) is 5.91 Å². The zero-order valence-corrected chi connectivity index (χ0v) is 18.3. The van der Waals surface area contributed by atoms with E-state index in [1.165, 1.54) is 29.6 Å². The van der Waals surface area contributed by atoms with E-state index in [-0.39, 0.29) is 31.9 Å². The van der Waals surface area contributed by atoms with Crippen molar-refractivity contribution in [1.29, 1.82) is 0 Å². The van der Waals surface area contributed by atoms with E-state index in [2.05, 4.69) is 5.32 Å². The number of halogens is 2. The van der Waals surface area contributed by atoms with Gasteiger partial charge in [-0.3, -0.25) is 4.79 Å². The Kier molecular flexibility index (Phi) is 7.05. The van der Waals surface area contributed by atoms with Gasteiger partial charge in [0.2, 0.25) is 10.0 Å². The molecule has 1 N–H and O–H groups in total. The van der Waals surface area contributed by atoms with Gasteiger partial charge in [0.15, 0.2) is 0 Å². The van der Waals surface area contributed by atoms with Crippen LogP contribution in [0.15, 0.2) is 41.3 Å². The van der Waals surface area contributed by atoms with Gasteiger partial charge in [-0.15, -0.1) is 0 Å². The lowest BCUT2D eigenvalue weighted by atomic mass is 10.2. The Morgan fingerprint density at radius 2 is 1.66 bits per heavy atom. The molecule has 6 nitrogen and oxygen atoms in total. The Hall–Kier alpha value is -1.80. The molecule has 0 saturated carbocycles. The first-order valence-corrected chi connectivity index (χ1v) is 11.5. The maximum Gasteiger partial charge on any atom is 0.259 e. The lowest BCUT2D eigenvalue weighted by molar-refractivity contribution is 0.102. The number of nitrogens with one attached hydrogen (secondary N) is 1. The van der Waals surface area contributed by atoms with Crippen LogP contribution in [0.4, 0.5) is 5.69 Å². The fourth-order valence-electron chi connectivity index (χ4n) is 3.25. The lowest BCUT2D eigenvalue weighted by Crippen LogP contribution is -2.32. The number of benzene rings is 2. The van der Waals surface area contributed by atoms with E-state index in [4.69, 9.17) is 27.9 Å². The second-order valence-corrected chi connectivity index (χ2v) is 9.48. The molecule has 2 aromatic rings. The number of carbonyl (C=O) groups is 1. The molecule has 0 aromatic heterocycles. The van der Waals surface area contributed by atoms with Gasteiger partial charge < -0.3 is 10.1 Å². The van der Waals surface area contributed by atoms with Gasteiger partial charge in [0, 0.05) is 13.1 Å². The highest BCUT2D eigenvalue weighted by Gasteiger charge is 2.27. The average Bonchev–Trinajstić information content (AvgIpc) is 3.00. The van der Waals surface area contributed by atoms with Crippen LogP contribution in [0.25, 0.3) is 0 Å². The minimum atomic E-state index is -3.71. The lowest BCUT2D eigenvalue weighted by Gasteiger charge is -2.21. The van der Waals surface area contributed by atoms with Crippen LogP contribution in [-0.4, -0.2) is 38.8 Å². The summed E-state index contributed by atoms with van der Waals surface area (Å²) in [4.78, 5) is 12.9. The van der Waals surface area contributed by atoms with Crippen molar-refractivity contribution < 1.29 is 17.9 Å². The van der Waals surface area contributed by atoms with Crippen LogP contribution in [0.3, 0.4) is 0 Å². The normalized spacial score (nSPS) is 15.6. The van der Waals surface area contributed by atoms with Crippen LogP contribution in [-0.2, 0) is 10.0 Å². The maximum absolute atomic E-state index is 13.1. The van der Waals surface area contributed by atoms with Crippen molar-refractivity contribution in [2.75, 3.05) is 25.5 Å². The van der Waals surface area contributed by atoms with Crippen molar-refractivity contribution in [2.24, 2.45) is 0 Å². The molecule has 3 rings (SSSR count). The summed E-state index contributed by atoms with van der Waals surface area (Å²) < 4.78 is 32.9. The van der Waals surface area contributed by atoms with E-state index in [0.717, 1.165) is 25.7 Å². The summed E-state index contributed by atoms with van der Waals surface area (Å²) in [6, 6.07) is 9.13. The van der Waals surface area contributed by atoms with Crippen molar-refractivity contribution >= 4 is 44.8 Å². The fourth-order valence-corrected chi connectivity index (χ4v) is 5.29. The highest BCUT2D eigenvalue weighted by Crippen LogP contribution is 2.32. The number of para-hydroxylation sites is 1. The number of amides is 1. The Morgan fingerprint density at radius 1 is 1.03 bits per heavy atom. The van der Waals surface area contributed by atoms with Crippen molar-refractivity contribution in [1.82, 2.24) is 4.31 Å². The summed E-state index contributed by atoms with van der Waals surface area (Å²) in [5, 5.41) is 3.20. The third-order valence-corrected chi connectivity index (χ3v) is 7.34. The molecule has 0 spiro atoms. The van der Waals surface area contributed by atoms with Crippen LogP contribution >= 0.6 is 23.2 Å². The Labute approximate surface area is 180 Å². The molecular formula is C20H22Cl2N2O4S. The second kappa shape index (κ2) is 9.34. The molecule has 0 atom stereocenters. The van der Waals surface area contributed by atoms with Crippen LogP contribution in [0.1, 0.15) is 36.0 Å². The molecule has 1 fully saturated rings. The summed E-state index contributed by atoms with van der Waals surface area (Å²) in [6.45, 7) is 0.955. The van der Waals surface area contributed by atoms with E-state index >= 15 is 0 Å². The van der Waals surface area contributed by atoms with Gasteiger partial charge in [0.1, 0.15) is 5.75 Å². The molecule has 1 saturated heterocycles. The molecule has 0 bridgehead atoms.